The van der Waals surface area contributed by atoms with E-state index in [2.05, 4.69) is 0 Å². The number of rotatable bonds is 4. The Balaban J connectivity index is 3.51. The summed E-state index contributed by atoms with van der Waals surface area (Å²) in [5, 5.41) is 0. The summed E-state index contributed by atoms with van der Waals surface area (Å²) in [5.74, 6) is 0.171. The van der Waals surface area contributed by atoms with Gasteiger partial charge in [-0.3, -0.25) is 0 Å². The van der Waals surface area contributed by atoms with E-state index in [4.69, 9.17) is 4.74 Å². The van der Waals surface area contributed by atoms with Crippen LogP contribution in [-0.2, 0) is 9.53 Å². The molecule has 0 saturated carbocycles. The molecule has 0 aliphatic rings. The normalized spacial score (nSPS) is 10.9. The maximum atomic E-state index is 10.8. The Bertz CT molecular complexity index is 136. The summed E-state index contributed by atoms with van der Waals surface area (Å²) in [7, 11) is 0. The highest BCUT2D eigenvalue weighted by atomic mass is 16.5. The Morgan fingerprint density at radius 3 is 2.64 bits per heavy atom. The first-order valence-electron chi connectivity index (χ1n) is 4.01. The van der Waals surface area contributed by atoms with Gasteiger partial charge in [-0.1, -0.05) is 26.8 Å². The lowest BCUT2D eigenvalue weighted by Gasteiger charge is -1.97. The average Bonchev–Trinajstić information content (AvgIpc) is 1.97. The third-order valence-electron chi connectivity index (χ3n) is 1.07. The van der Waals surface area contributed by atoms with Gasteiger partial charge in [-0.2, -0.15) is 0 Å². The van der Waals surface area contributed by atoms with Gasteiger partial charge in [0.1, 0.15) is 0 Å². The van der Waals surface area contributed by atoms with Crippen molar-refractivity contribution < 1.29 is 9.53 Å². The van der Waals surface area contributed by atoms with Gasteiger partial charge in [0.2, 0.25) is 0 Å². The van der Waals surface area contributed by atoms with Gasteiger partial charge in [0.15, 0.2) is 0 Å². The van der Waals surface area contributed by atoms with Gasteiger partial charge in [0, 0.05) is 6.08 Å². The molecule has 0 rings (SSSR count). The van der Waals surface area contributed by atoms with E-state index in [0.29, 0.717) is 12.5 Å². The van der Waals surface area contributed by atoms with Crippen LogP contribution in [0, 0.1) is 5.92 Å². The molecule has 11 heavy (non-hydrogen) atoms. The van der Waals surface area contributed by atoms with Crippen molar-refractivity contribution in [2.45, 2.75) is 27.2 Å². The maximum Gasteiger partial charge on any atom is 0.330 e. The molecule has 0 fully saturated rings. The summed E-state index contributed by atoms with van der Waals surface area (Å²) < 4.78 is 4.82. The molecule has 0 aliphatic carbocycles. The van der Waals surface area contributed by atoms with Crippen LogP contribution in [0.2, 0.25) is 0 Å². The number of carbonyl (C=O) groups is 1. The summed E-state index contributed by atoms with van der Waals surface area (Å²) in [4.78, 5) is 10.8. The van der Waals surface area contributed by atoms with Gasteiger partial charge in [-0.05, 0) is 12.3 Å². The maximum absolute atomic E-state index is 10.8. The van der Waals surface area contributed by atoms with Crippen molar-refractivity contribution in [2.24, 2.45) is 5.92 Å². The van der Waals surface area contributed by atoms with E-state index in [1.807, 2.05) is 26.8 Å². The summed E-state index contributed by atoms with van der Waals surface area (Å²) >= 11 is 0. The number of allylic oxidation sites excluding steroid dienone is 1. The zero-order valence-electron chi connectivity index (χ0n) is 7.46. The fourth-order valence-electron chi connectivity index (χ4n) is 0.522. The zero-order valence-corrected chi connectivity index (χ0v) is 7.46. The number of hydrogen-bond donors (Lipinski definition) is 0. The molecular weight excluding hydrogens is 140 g/mol. The quantitative estimate of drug-likeness (QED) is 0.460. The molecule has 2 heteroatoms. The van der Waals surface area contributed by atoms with Crippen LogP contribution in [0.15, 0.2) is 12.2 Å². The number of hydrogen-bond acceptors (Lipinski definition) is 2. The molecule has 0 saturated heterocycles. The smallest absolute Gasteiger partial charge is 0.330 e. The molecule has 0 aromatic heterocycles. The molecule has 0 aromatic rings. The second-order valence-corrected chi connectivity index (χ2v) is 2.77. The second-order valence-electron chi connectivity index (χ2n) is 2.77. The third-order valence-corrected chi connectivity index (χ3v) is 1.07. The van der Waals surface area contributed by atoms with E-state index in [1.54, 1.807) is 0 Å². The van der Waals surface area contributed by atoms with Crippen molar-refractivity contribution in [1.82, 2.24) is 0 Å². The van der Waals surface area contributed by atoms with E-state index < -0.39 is 0 Å². The number of esters is 1. The largest absolute Gasteiger partial charge is 0.463 e. The van der Waals surface area contributed by atoms with Crippen molar-refractivity contribution in [3.63, 3.8) is 0 Å². The Hall–Kier alpha value is -0.790. The van der Waals surface area contributed by atoms with Crippen LogP contribution in [0.25, 0.3) is 0 Å². The molecule has 0 aromatic carbocycles. The zero-order chi connectivity index (χ0) is 8.69. The molecule has 0 amide bonds. The molecule has 64 valence electrons. The lowest BCUT2D eigenvalue weighted by molar-refractivity contribution is -0.137. The monoisotopic (exact) mass is 156 g/mol. The molecule has 0 N–H and O–H groups in total. The van der Waals surface area contributed by atoms with E-state index in [-0.39, 0.29) is 5.97 Å². The molecule has 2 nitrogen and oxygen atoms in total. The minimum atomic E-state index is -0.236. The lowest BCUT2D eigenvalue weighted by Crippen LogP contribution is -2.01. The highest BCUT2D eigenvalue weighted by Gasteiger charge is 1.94. The molecule has 0 spiro atoms. The predicted molar refractivity (Wildman–Crippen MR) is 45.2 cm³/mol. The van der Waals surface area contributed by atoms with E-state index in [0.717, 1.165) is 6.42 Å². The van der Waals surface area contributed by atoms with Crippen LogP contribution in [0.5, 0.6) is 0 Å². The minimum Gasteiger partial charge on any atom is -0.463 e. The molecule has 0 aliphatic heterocycles. The molecule has 0 atom stereocenters. The second kappa shape index (κ2) is 5.96. The summed E-state index contributed by atoms with van der Waals surface area (Å²) in [5.41, 5.74) is 0. The Kier molecular flexibility index (Phi) is 5.53. The van der Waals surface area contributed by atoms with Gasteiger partial charge < -0.3 is 4.74 Å². The van der Waals surface area contributed by atoms with Gasteiger partial charge in [-0.25, -0.2) is 4.79 Å². The summed E-state index contributed by atoms with van der Waals surface area (Å²) in [6.07, 6.45) is 4.19. The molecule has 0 bridgehead atoms. The summed E-state index contributed by atoms with van der Waals surface area (Å²) in [6.45, 7) is 6.52. The van der Waals surface area contributed by atoms with Gasteiger partial charge >= 0.3 is 5.97 Å². The Labute approximate surface area is 68.2 Å². The van der Waals surface area contributed by atoms with E-state index in [1.165, 1.54) is 6.08 Å². The van der Waals surface area contributed by atoms with Crippen LogP contribution in [0.4, 0.5) is 0 Å². The SMILES string of the molecule is CCCOC(=O)C=CC(C)C. The topological polar surface area (TPSA) is 26.3 Å². The number of ether oxygens (including phenoxy) is 1. The molecule has 0 unspecified atom stereocenters. The van der Waals surface area contributed by atoms with Crippen LogP contribution < -0.4 is 0 Å². The Morgan fingerprint density at radius 1 is 1.55 bits per heavy atom. The highest BCUT2D eigenvalue weighted by molar-refractivity contribution is 5.81. The fourth-order valence-corrected chi connectivity index (χ4v) is 0.522. The summed E-state index contributed by atoms with van der Waals surface area (Å²) in [6, 6.07) is 0. The van der Waals surface area contributed by atoms with Crippen LogP contribution >= 0.6 is 0 Å². The van der Waals surface area contributed by atoms with Crippen LogP contribution in [0.3, 0.4) is 0 Å². The first kappa shape index (κ1) is 10.2. The van der Waals surface area contributed by atoms with Crippen molar-refractivity contribution in [1.29, 1.82) is 0 Å². The first-order valence-corrected chi connectivity index (χ1v) is 4.01. The first-order chi connectivity index (χ1) is 5.16. The standard InChI is InChI=1S/C9H16O2/c1-4-7-11-9(10)6-5-8(2)3/h5-6,8H,4,7H2,1-3H3. The Morgan fingerprint density at radius 2 is 2.18 bits per heavy atom. The van der Waals surface area contributed by atoms with E-state index in [9.17, 15) is 4.79 Å². The van der Waals surface area contributed by atoms with Gasteiger partial charge in [0.05, 0.1) is 6.61 Å². The average molecular weight is 156 g/mol. The van der Waals surface area contributed by atoms with Crippen molar-refractivity contribution in [3.05, 3.63) is 12.2 Å². The van der Waals surface area contributed by atoms with Gasteiger partial charge in [0.25, 0.3) is 0 Å². The molecular formula is C9H16O2. The predicted octanol–water partition coefficient (Wildman–Crippen LogP) is 2.15. The minimum absolute atomic E-state index is 0.236. The van der Waals surface area contributed by atoms with Crippen molar-refractivity contribution in [2.75, 3.05) is 6.61 Å². The lowest BCUT2D eigenvalue weighted by atomic mass is 10.2. The van der Waals surface area contributed by atoms with Gasteiger partial charge in [-0.15, -0.1) is 0 Å². The molecule has 0 radical (unpaired) electrons. The fraction of sp³-hybridized carbons (Fsp3) is 0.667. The van der Waals surface area contributed by atoms with Crippen LogP contribution in [0.1, 0.15) is 27.2 Å². The highest BCUT2D eigenvalue weighted by Crippen LogP contribution is 1.94. The third kappa shape index (κ3) is 7.10. The molecule has 0 heterocycles. The van der Waals surface area contributed by atoms with Crippen molar-refractivity contribution in [3.8, 4) is 0 Å². The number of carbonyl (C=O) groups excluding carboxylic acids is 1. The van der Waals surface area contributed by atoms with E-state index >= 15 is 0 Å². The van der Waals surface area contributed by atoms with Crippen LogP contribution in [-0.4, -0.2) is 12.6 Å². The van der Waals surface area contributed by atoms with Crippen molar-refractivity contribution >= 4 is 5.97 Å².